The molecule has 2 N–H and O–H groups in total. The van der Waals surface area contributed by atoms with Crippen LogP contribution in [-0.2, 0) is 32.9 Å². The van der Waals surface area contributed by atoms with E-state index in [9.17, 15) is 0 Å². The van der Waals surface area contributed by atoms with Crippen LogP contribution in [0.3, 0.4) is 0 Å². The molecule has 2 aromatic heterocycles. The Hall–Kier alpha value is -2.11. The molecular weight excluding hydrogens is 346 g/mol. The van der Waals surface area contributed by atoms with Crippen molar-refractivity contribution in [1.29, 1.82) is 0 Å². The van der Waals surface area contributed by atoms with Gasteiger partial charge >= 0.3 is 0 Å². The maximum Gasteiger partial charge on any atom is 0.141 e. The average Bonchev–Trinajstić information content (AvgIpc) is 3.23. The summed E-state index contributed by atoms with van der Waals surface area (Å²) in [6, 6.07) is 7.94. The number of aromatic amines is 1. The van der Waals surface area contributed by atoms with Gasteiger partial charge in [-0.15, -0.1) is 0 Å². The van der Waals surface area contributed by atoms with Gasteiger partial charge in [0.25, 0.3) is 0 Å². The predicted octanol–water partition coefficient (Wildman–Crippen LogP) is 3.38. The van der Waals surface area contributed by atoms with E-state index in [2.05, 4.69) is 21.9 Å². The first-order valence-corrected chi connectivity index (χ1v) is 9.66. The van der Waals surface area contributed by atoms with Gasteiger partial charge < -0.3 is 14.9 Å². The molecule has 6 heteroatoms. The summed E-state index contributed by atoms with van der Waals surface area (Å²) in [5, 5.41) is 4.16. The lowest BCUT2D eigenvalue weighted by atomic mass is 9.89. The largest absolute Gasteiger partial charge is 0.344 e. The summed E-state index contributed by atoms with van der Waals surface area (Å²) in [5.74, 6) is 2.54. The first-order chi connectivity index (χ1) is 12.7. The molecule has 1 aromatic carbocycles. The highest BCUT2D eigenvalue weighted by atomic mass is 35.5. The summed E-state index contributed by atoms with van der Waals surface area (Å²) in [5.41, 5.74) is 6.02. The Morgan fingerprint density at radius 2 is 2.04 bits per heavy atom. The molecule has 3 aromatic rings. The van der Waals surface area contributed by atoms with Crippen LogP contribution < -0.4 is 5.32 Å². The lowest BCUT2D eigenvalue weighted by molar-refractivity contribution is 0.536. The van der Waals surface area contributed by atoms with E-state index in [0.29, 0.717) is 5.92 Å². The molecule has 0 spiro atoms. The van der Waals surface area contributed by atoms with Crippen molar-refractivity contribution in [2.45, 2.75) is 38.1 Å². The zero-order chi connectivity index (χ0) is 17.7. The molecule has 0 radical (unpaired) electrons. The van der Waals surface area contributed by atoms with E-state index < -0.39 is 0 Å². The minimum Gasteiger partial charge on any atom is -0.344 e. The standard InChI is InChI=1S/C20H22ClN5/c1-26-18-10-12(19-23-15-8-9-22-11-17(15)24-19)6-7-16(18)25-20(26)13-4-2-3-5-14(13)21/h2-5,12,22H,6-11H2,1H3,(H,23,24). The molecule has 1 atom stereocenters. The fraction of sp³-hybridized carbons (Fsp3) is 0.400. The topological polar surface area (TPSA) is 58.5 Å². The predicted molar refractivity (Wildman–Crippen MR) is 102 cm³/mol. The highest BCUT2D eigenvalue weighted by molar-refractivity contribution is 6.33. The van der Waals surface area contributed by atoms with E-state index in [0.717, 1.165) is 61.0 Å². The van der Waals surface area contributed by atoms with Crippen LogP contribution in [0.15, 0.2) is 24.3 Å². The third kappa shape index (κ3) is 2.58. The second-order valence-corrected chi connectivity index (χ2v) is 7.69. The number of H-pyrrole nitrogens is 1. The third-order valence-corrected chi connectivity index (χ3v) is 6.02. The first kappa shape index (κ1) is 16.1. The van der Waals surface area contributed by atoms with Crippen LogP contribution in [0.2, 0.25) is 5.02 Å². The molecule has 1 aliphatic heterocycles. The summed E-state index contributed by atoms with van der Waals surface area (Å²) in [7, 11) is 2.10. The first-order valence-electron chi connectivity index (χ1n) is 9.28. The SMILES string of the molecule is Cn1c(-c2ccccc2Cl)nc2c1CC(c1nc3c([nH]1)CNCC3)CC2. The Morgan fingerprint density at radius 3 is 2.88 bits per heavy atom. The number of rotatable bonds is 2. The minimum absolute atomic E-state index is 0.433. The summed E-state index contributed by atoms with van der Waals surface area (Å²) in [6.45, 7) is 1.93. The average molecular weight is 368 g/mol. The van der Waals surface area contributed by atoms with Crippen LogP contribution in [0, 0.1) is 0 Å². The number of halogens is 1. The van der Waals surface area contributed by atoms with E-state index in [4.69, 9.17) is 21.6 Å². The number of hydrogen-bond donors (Lipinski definition) is 2. The number of nitrogens with one attached hydrogen (secondary N) is 2. The summed E-state index contributed by atoms with van der Waals surface area (Å²) < 4.78 is 2.22. The zero-order valence-electron chi connectivity index (χ0n) is 14.8. The number of imidazole rings is 2. The molecule has 0 saturated heterocycles. The highest BCUT2D eigenvalue weighted by Crippen LogP contribution is 2.35. The van der Waals surface area contributed by atoms with Crippen molar-refractivity contribution in [1.82, 2.24) is 24.8 Å². The minimum atomic E-state index is 0.433. The number of nitrogens with zero attached hydrogens (tertiary/aromatic N) is 3. The molecule has 134 valence electrons. The van der Waals surface area contributed by atoms with Gasteiger partial charge in [-0.1, -0.05) is 23.7 Å². The Kier molecular flexibility index (Phi) is 3.87. The molecule has 1 unspecified atom stereocenters. The molecule has 26 heavy (non-hydrogen) atoms. The van der Waals surface area contributed by atoms with Crippen LogP contribution in [0.4, 0.5) is 0 Å². The molecule has 5 nitrogen and oxygen atoms in total. The maximum atomic E-state index is 6.40. The van der Waals surface area contributed by atoms with Gasteiger partial charge in [0.15, 0.2) is 0 Å². The lowest BCUT2D eigenvalue weighted by Crippen LogP contribution is -2.23. The van der Waals surface area contributed by atoms with E-state index in [1.807, 2.05) is 24.3 Å². The van der Waals surface area contributed by atoms with E-state index in [1.54, 1.807) is 0 Å². The zero-order valence-corrected chi connectivity index (χ0v) is 15.6. The Bertz CT molecular complexity index is 947. The fourth-order valence-electron chi connectivity index (χ4n) is 4.24. The Labute approximate surface area is 157 Å². The van der Waals surface area contributed by atoms with E-state index in [1.165, 1.54) is 22.8 Å². The monoisotopic (exact) mass is 367 g/mol. The molecule has 1 aliphatic carbocycles. The van der Waals surface area contributed by atoms with Crippen LogP contribution in [0.5, 0.6) is 0 Å². The number of aromatic nitrogens is 4. The third-order valence-electron chi connectivity index (χ3n) is 5.69. The van der Waals surface area contributed by atoms with Crippen LogP contribution in [0.25, 0.3) is 11.4 Å². The summed E-state index contributed by atoms with van der Waals surface area (Å²) in [4.78, 5) is 13.4. The van der Waals surface area contributed by atoms with Gasteiger partial charge in [-0.2, -0.15) is 0 Å². The van der Waals surface area contributed by atoms with Gasteiger partial charge in [-0.05, 0) is 31.4 Å². The molecule has 0 bridgehead atoms. The van der Waals surface area contributed by atoms with Crippen molar-refractivity contribution < 1.29 is 0 Å². The second kappa shape index (κ2) is 6.25. The van der Waals surface area contributed by atoms with Crippen LogP contribution in [0.1, 0.15) is 40.9 Å². The Morgan fingerprint density at radius 1 is 1.15 bits per heavy atom. The maximum absolute atomic E-state index is 6.40. The normalized spacial score (nSPS) is 19.2. The van der Waals surface area contributed by atoms with Crippen molar-refractivity contribution in [3.63, 3.8) is 0 Å². The van der Waals surface area contributed by atoms with Gasteiger partial charge in [-0.25, -0.2) is 9.97 Å². The van der Waals surface area contributed by atoms with Crippen molar-refractivity contribution in [2.24, 2.45) is 7.05 Å². The van der Waals surface area contributed by atoms with Gasteiger partial charge in [-0.3, -0.25) is 0 Å². The molecule has 0 saturated carbocycles. The van der Waals surface area contributed by atoms with Gasteiger partial charge in [0.05, 0.1) is 22.1 Å². The molecule has 5 rings (SSSR count). The smallest absolute Gasteiger partial charge is 0.141 e. The van der Waals surface area contributed by atoms with Gasteiger partial charge in [0.2, 0.25) is 0 Å². The van der Waals surface area contributed by atoms with Crippen LogP contribution >= 0.6 is 11.6 Å². The fourth-order valence-corrected chi connectivity index (χ4v) is 4.46. The van der Waals surface area contributed by atoms with E-state index in [-0.39, 0.29) is 0 Å². The molecule has 3 heterocycles. The van der Waals surface area contributed by atoms with Crippen molar-refractivity contribution >= 4 is 11.6 Å². The van der Waals surface area contributed by atoms with Crippen molar-refractivity contribution in [3.8, 4) is 11.4 Å². The number of hydrogen-bond acceptors (Lipinski definition) is 3. The van der Waals surface area contributed by atoms with Crippen LogP contribution in [-0.4, -0.2) is 26.1 Å². The van der Waals surface area contributed by atoms with Crippen molar-refractivity contribution in [3.05, 3.63) is 57.9 Å². The van der Waals surface area contributed by atoms with Gasteiger partial charge in [0.1, 0.15) is 11.6 Å². The number of aryl methyl sites for hydroxylation is 1. The van der Waals surface area contributed by atoms with E-state index >= 15 is 0 Å². The lowest BCUT2D eigenvalue weighted by Gasteiger charge is -2.20. The van der Waals surface area contributed by atoms with Gasteiger partial charge in [0, 0.05) is 43.7 Å². The Balaban J connectivity index is 1.48. The molecular formula is C20H22ClN5. The molecule has 2 aliphatic rings. The van der Waals surface area contributed by atoms with Crippen molar-refractivity contribution in [2.75, 3.05) is 6.54 Å². The molecule has 0 amide bonds. The number of fused-ring (bicyclic) bond motifs is 2. The molecule has 0 fully saturated rings. The highest BCUT2D eigenvalue weighted by Gasteiger charge is 2.29. The number of benzene rings is 1. The quantitative estimate of drug-likeness (QED) is 0.730. The second-order valence-electron chi connectivity index (χ2n) is 7.28. The summed E-state index contributed by atoms with van der Waals surface area (Å²) >= 11 is 6.40. The summed E-state index contributed by atoms with van der Waals surface area (Å²) in [6.07, 6.45) is 4.07.